The first-order valence-electron chi connectivity index (χ1n) is 5.27. The number of hydrogen-bond donors (Lipinski definition) is 1. The van der Waals surface area contributed by atoms with Crippen LogP contribution in [0.25, 0.3) is 0 Å². The van der Waals surface area contributed by atoms with Crippen LogP contribution in [0.3, 0.4) is 0 Å². The van der Waals surface area contributed by atoms with Gasteiger partial charge in [-0.1, -0.05) is 0 Å². The maximum Gasteiger partial charge on any atom is 0.256 e. The number of amides is 1. The van der Waals surface area contributed by atoms with Gasteiger partial charge in [0.05, 0.1) is 11.9 Å². The van der Waals surface area contributed by atoms with Crippen LogP contribution < -0.4 is 5.32 Å². The minimum absolute atomic E-state index is 0.182. The molecule has 5 nitrogen and oxygen atoms in total. The molecule has 5 heteroatoms. The zero-order valence-electron chi connectivity index (χ0n) is 10.4. The van der Waals surface area contributed by atoms with Crippen LogP contribution >= 0.6 is 0 Å². The second-order valence-corrected chi connectivity index (χ2v) is 4.47. The van der Waals surface area contributed by atoms with E-state index in [1.807, 2.05) is 13.8 Å². The first kappa shape index (κ1) is 12.7. The van der Waals surface area contributed by atoms with Crippen molar-refractivity contribution in [2.45, 2.75) is 39.3 Å². The van der Waals surface area contributed by atoms with Crippen molar-refractivity contribution in [3.63, 3.8) is 0 Å². The van der Waals surface area contributed by atoms with E-state index < -0.39 is 5.60 Å². The van der Waals surface area contributed by atoms with Gasteiger partial charge in [-0.2, -0.15) is 5.10 Å². The molecule has 0 bridgehead atoms. The molecule has 0 radical (unpaired) electrons. The predicted molar refractivity (Wildman–Crippen MR) is 62.3 cm³/mol. The lowest BCUT2D eigenvalue weighted by Crippen LogP contribution is -2.38. The first-order chi connectivity index (χ1) is 7.36. The molecular weight excluding hydrogens is 206 g/mol. The smallest absolute Gasteiger partial charge is 0.256 e. The van der Waals surface area contributed by atoms with E-state index in [-0.39, 0.29) is 11.9 Å². The normalized spacial score (nSPS) is 11.9. The van der Waals surface area contributed by atoms with Gasteiger partial charge in [0, 0.05) is 19.3 Å². The van der Waals surface area contributed by atoms with E-state index in [9.17, 15) is 4.79 Å². The molecule has 1 aromatic rings. The van der Waals surface area contributed by atoms with E-state index in [1.165, 1.54) is 7.11 Å². The quantitative estimate of drug-likeness (QED) is 0.850. The van der Waals surface area contributed by atoms with Gasteiger partial charge in [-0.15, -0.1) is 0 Å². The lowest BCUT2D eigenvalue weighted by atomic mass is 10.1. The van der Waals surface area contributed by atoms with Gasteiger partial charge in [0.1, 0.15) is 5.60 Å². The highest BCUT2D eigenvalue weighted by molar-refractivity contribution is 5.96. The third kappa shape index (κ3) is 2.82. The minimum atomic E-state index is -0.833. The Hall–Kier alpha value is -1.36. The number of ether oxygens (including phenoxy) is 1. The van der Waals surface area contributed by atoms with Crippen molar-refractivity contribution < 1.29 is 9.53 Å². The zero-order chi connectivity index (χ0) is 12.3. The van der Waals surface area contributed by atoms with Crippen molar-refractivity contribution in [2.75, 3.05) is 12.4 Å². The molecular formula is C11H19N3O2. The number of methoxy groups -OCH3 is 1. The average Bonchev–Trinajstić information content (AvgIpc) is 2.66. The molecule has 1 heterocycles. The van der Waals surface area contributed by atoms with Crippen molar-refractivity contribution in [1.82, 2.24) is 9.78 Å². The third-order valence-electron chi connectivity index (χ3n) is 2.45. The topological polar surface area (TPSA) is 56.1 Å². The van der Waals surface area contributed by atoms with E-state index in [0.717, 1.165) is 0 Å². The number of nitrogens with zero attached hydrogens (tertiary/aromatic N) is 2. The van der Waals surface area contributed by atoms with Crippen LogP contribution in [0.2, 0.25) is 0 Å². The van der Waals surface area contributed by atoms with Crippen LogP contribution in [0.15, 0.2) is 12.4 Å². The third-order valence-corrected chi connectivity index (χ3v) is 2.45. The number of carbonyl (C=O) groups is 1. The van der Waals surface area contributed by atoms with E-state index in [2.05, 4.69) is 10.4 Å². The summed E-state index contributed by atoms with van der Waals surface area (Å²) in [6, 6.07) is 0.279. The Labute approximate surface area is 95.8 Å². The molecule has 0 spiro atoms. The second-order valence-electron chi connectivity index (χ2n) is 4.47. The lowest BCUT2D eigenvalue weighted by molar-refractivity contribution is -0.133. The monoisotopic (exact) mass is 225 g/mol. The average molecular weight is 225 g/mol. The predicted octanol–water partition coefficient (Wildman–Crippen LogP) is 1.83. The fourth-order valence-electron chi connectivity index (χ4n) is 1.06. The molecule has 0 atom stereocenters. The number of nitrogens with one attached hydrogen (secondary N) is 1. The number of aromatic nitrogens is 2. The Morgan fingerprint density at radius 3 is 2.62 bits per heavy atom. The molecule has 0 saturated heterocycles. The summed E-state index contributed by atoms with van der Waals surface area (Å²) in [6.45, 7) is 7.49. The van der Waals surface area contributed by atoms with Crippen molar-refractivity contribution >= 4 is 11.6 Å². The van der Waals surface area contributed by atoms with Gasteiger partial charge >= 0.3 is 0 Å². The standard InChI is InChI=1S/C11H19N3O2/c1-8(2)14-7-9(6-12-14)13-10(15)11(3,4)16-5/h6-8H,1-5H3,(H,13,15). The number of hydrogen-bond acceptors (Lipinski definition) is 3. The van der Waals surface area contributed by atoms with E-state index in [0.29, 0.717) is 5.69 Å². The Bertz CT molecular complexity index is 369. The SMILES string of the molecule is COC(C)(C)C(=O)Nc1cnn(C(C)C)c1. The summed E-state index contributed by atoms with van der Waals surface area (Å²) in [7, 11) is 1.51. The fraction of sp³-hybridized carbons (Fsp3) is 0.636. The van der Waals surface area contributed by atoms with Crippen LogP contribution in [0, 0.1) is 0 Å². The molecule has 0 aliphatic heterocycles. The summed E-state index contributed by atoms with van der Waals surface area (Å²) in [5.74, 6) is -0.182. The minimum Gasteiger partial charge on any atom is -0.369 e. The van der Waals surface area contributed by atoms with Gasteiger partial charge in [0.2, 0.25) is 0 Å². The molecule has 90 valence electrons. The van der Waals surface area contributed by atoms with Gasteiger partial charge < -0.3 is 10.1 Å². The molecule has 0 unspecified atom stereocenters. The van der Waals surface area contributed by atoms with E-state index in [1.54, 1.807) is 30.9 Å². The molecule has 1 amide bonds. The summed E-state index contributed by atoms with van der Waals surface area (Å²) in [5.41, 5.74) is -0.149. The van der Waals surface area contributed by atoms with Gasteiger partial charge in [0.25, 0.3) is 5.91 Å². The Morgan fingerprint density at radius 1 is 1.56 bits per heavy atom. The van der Waals surface area contributed by atoms with Crippen LogP contribution in [0.1, 0.15) is 33.7 Å². The summed E-state index contributed by atoms with van der Waals surface area (Å²) in [6.07, 6.45) is 3.43. The van der Waals surface area contributed by atoms with Gasteiger partial charge in [0.15, 0.2) is 0 Å². The molecule has 0 aromatic carbocycles. The van der Waals surface area contributed by atoms with Crippen molar-refractivity contribution in [3.05, 3.63) is 12.4 Å². The molecule has 1 N–H and O–H groups in total. The molecule has 0 fully saturated rings. The van der Waals surface area contributed by atoms with Gasteiger partial charge in [-0.05, 0) is 27.7 Å². The highest BCUT2D eigenvalue weighted by atomic mass is 16.5. The van der Waals surface area contributed by atoms with Crippen LogP contribution in [0.5, 0.6) is 0 Å². The Kier molecular flexibility index (Phi) is 3.70. The molecule has 0 aliphatic carbocycles. The van der Waals surface area contributed by atoms with Crippen LogP contribution in [-0.4, -0.2) is 28.4 Å². The Balaban J connectivity index is 2.70. The maximum atomic E-state index is 11.8. The highest BCUT2D eigenvalue weighted by Crippen LogP contribution is 2.14. The van der Waals surface area contributed by atoms with Gasteiger partial charge in [-0.3, -0.25) is 9.48 Å². The molecule has 0 aliphatic rings. The summed E-state index contributed by atoms with van der Waals surface area (Å²) in [4.78, 5) is 11.8. The largest absolute Gasteiger partial charge is 0.369 e. The van der Waals surface area contributed by atoms with Gasteiger partial charge in [-0.25, -0.2) is 0 Å². The molecule has 1 rings (SSSR count). The first-order valence-corrected chi connectivity index (χ1v) is 5.27. The highest BCUT2D eigenvalue weighted by Gasteiger charge is 2.27. The number of rotatable bonds is 4. The maximum absolute atomic E-state index is 11.8. The second kappa shape index (κ2) is 4.65. The summed E-state index contributed by atoms with van der Waals surface area (Å²) in [5, 5.41) is 6.90. The Morgan fingerprint density at radius 2 is 2.19 bits per heavy atom. The lowest BCUT2D eigenvalue weighted by Gasteiger charge is -2.20. The van der Waals surface area contributed by atoms with Crippen LogP contribution in [0.4, 0.5) is 5.69 Å². The number of carbonyl (C=O) groups excluding carboxylic acids is 1. The van der Waals surface area contributed by atoms with E-state index >= 15 is 0 Å². The summed E-state index contributed by atoms with van der Waals surface area (Å²) < 4.78 is 6.87. The zero-order valence-corrected chi connectivity index (χ0v) is 10.4. The van der Waals surface area contributed by atoms with Crippen molar-refractivity contribution in [3.8, 4) is 0 Å². The molecule has 1 aromatic heterocycles. The molecule has 16 heavy (non-hydrogen) atoms. The van der Waals surface area contributed by atoms with Crippen molar-refractivity contribution in [1.29, 1.82) is 0 Å². The van der Waals surface area contributed by atoms with E-state index in [4.69, 9.17) is 4.74 Å². The number of anilines is 1. The fourth-order valence-corrected chi connectivity index (χ4v) is 1.06. The van der Waals surface area contributed by atoms with Crippen LogP contribution in [-0.2, 0) is 9.53 Å². The summed E-state index contributed by atoms with van der Waals surface area (Å²) >= 11 is 0. The van der Waals surface area contributed by atoms with Crippen molar-refractivity contribution in [2.24, 2.45) is 0 Å². The molecule has 0 saturated carbocycles.